The van der Waals surface area contributed by atoms with Crippen molar-refractivity contribution in [1.29, 1.82) is 0 Å². The Morgan fingerprint density at radius 2 is 1.27 bits per heavy atom. The van der Waals surface area contributed by atoms with Crippen LogP contribution in [0.3, 0.4) is 0 Å². The van der Waals surface area contributed by atoms with Crippen molar-refractivity contribution in [2.45, 2.75) is 0 Å². The minimum absolute atomic E-state index is 0.339. The highest BCUT2D eigenvalue weighted by atomic mass is 16.6. The minimum atomic E-state index is -0.702. The molecule has 0 aliphatic rings. The molecular weight excluding hydrogens is 384 g/mol. The van der Waals surface area contributed by atoms with E-state index in [2.05, 4.69) is 10.9 Å². The standard InChI is InChI=1S/C23H20N2O5/c26-21(24-25-23(28)19-9-5-2-6-10-19)15-30-22(27)16-29-20-13-11-18(12-14-20)17-7-3-1-4-8-17/h1-14H,15-16H2,(H,24,26)(H,25,28). The van der Waals surface area contributed by atoms with Crippen LogP contribution in [-0.2, 0) is 14.3 Å². The maximum Gasteiger partial charge on any atom is 0.344 e. The summed E-state index contributed by atoms with van der Waals surface area (Å²) in [6, 6.07) is 25.5. The third-order valence-electron chi connectivity index (χ3n) is 4.03. The summed E-state index contributed by atoms with van der Waals surface area (Å²) in [6.07, 6.45) is 0. The summed E-state index contributed by atoms with van der Waals surface area (Å²) in [4.78, 5) is 35.2. The van der Waals surface area contributed by atoms with E-state index in [0.717, 1.165) is 11.1 Å². The highest BCUT2D eigenvalue weighted by molar-refractivity contribution is 5.95. The first-order valence-corrected chi connectivity index (χ1v) is 9.20. The third-order valence-corrected chi connectivity index (χ3v) is 4.03. The molecule has 0 aliphatic heterocycles. The second kappa shape index (κ2) is 10.4. The Morgan fingerprint density at radius 3 is 1.93 bits per heavy atom. The maximum atomic E-state index is 11.8. The first-order valence-electron chi connectivity index (χ1n) is 9.20. The molecule has 0 bridgehead atoms. The molecule has 0 aliphatic carbocycles. The van der Waals surface area contributed by atoms with Crippen LogP contribution < -0.4 is 15.6 Å². The van der Waals surface area contributed by atoms with Crippen LogP contribution in [0, 0.1) is 0 Å². The maximum absolute atomic E-state index is 11.8. The molecule has 2 N–H and O–H groups in total. The summed E-state index contributed by atoms with van der Waals surface area (Å²) in [6.45, 7) is -0.876. The molecule has 0 aromatic heterocycles. The lowest BCUT2D eigenvalue weighted by molar-refractivity contribution is -0.150. The van der Waals surface area contributed by atoms with Crippen molar-refractivity contribution in [3.63, 3.8) is 0 Å². The Labute approximate surface area is 173 Å². The predicted molar refractivity (Wildman–Crippen MR) is 110 cm³/mol. The number of hydrazine groups is 1. The second-order valence-corrected chi connectivity index (χ2v) is 6.21. The highest BCUT2D eigenvalue weighted by Gasteiger charge is 2.10. The van der Waals surface area contributed by atoms with E-state index in [1.54, 1.807) is 42.5 Å². The van der Waals surface area contributed by atoms with Crippen LogP contribution in [0.25, 0.3) is 11.1 Å². The molecule has 30 heavy (non-hydrogen) atoms. The van der Waals surface area contributed by atoms with Crippen molar-refractivity contribution < 1.29 is 23.9 Å². The molecule has 3 rings (SSSR count). The van der Waals surface area contributed by atoms with Crippen LogP contribution in [0.15, 0.2) is 84.9 Å². The molecule has 0 heterocycles. The number of carbonyl (C=O) groups excluding carboxylic acids is 3. The summed E-state index contributed by atoms with van der Waals surface area (Å²) in [5.41, 5.74) is 6.91. The average Bonchev–Trinajstić information content (AvgIpc) is 2.81. The number of esters is 1. The van der Waals surface area contributed by atoms with Crippen molar-refractivity contribution in [3.05, 3.63) is 90.5 Å². The molecule has 3 aromatic rings. The van der Waals surface area contributed by atoms with E-state index in [4.69, 9.17) is 9.47 Å². The largest absolute Gasteiger partial charge is 0.482 e. The monoisotopic (exact) mass is 404 g/mol. The summed E-state index contributed by atoms with van der Waals surface area (Å²) in [7, 11) is 0. The van der Waals surface area contributed by atoms with E-state index in [-0.39, 0.29) is 6.61 Å². The SMILES string of the molecule is O=C(COC(=O)COc1ccc(-c2ccccc2)cc1)NNC(=O)c1ccccc1. The molecule has 0 fully saturated rings. The fraction of sp³-hybridized carbons (Fsp3) is 0.0870. The van der Waals surface area contributed by atoms with Gasteiger partial charge in [0.25, 0.3) is 11.8 Å². The Kier molecular flexibility index (Phi) is 7.16. The minimum Gasteiger partial charge on any atom is -0.482 e. The molecule has 0 spiro atoms. The van der Waals surface area contributed by atoms with Gasteiger partial charge < -0.3 is 9.47 Å². The van der Waals surface area contributed by atoms with Gasteiger partial charge in [-0.1, -0.05) is 60.7 Å². The molecule has 0 atom stereocenters. The van der Waals surface area contributed by atoms with E-state index in [0.29, 0.717) is 11.3 Å². The van der Waals surface area contributed by atoms with Gasteiger partial charge in [-0.15, -0.1) is 0 Å². The molecule has 0 unspecified atom stereocenters. The van der Waals surface area contributed by atoms with E-state index in [1.807, 2.05) is 42.5 Å². The topological polar surface area (TPSA) is 93.7 Å². The van der Waals surface area contributed by atoms with Crippen LogP contribution in [0.2, 0.25) is 0 Å². The number of amides is 2. The van der Waals surface area contributed by atoms with Crippen molar-refractivity contribution in [2.24, 2.45) is 0 Å². The summed E-state index contributed by atoms with van der Waals surface area (Å²) >= 11 is 0. The molecule has 7 heteroatoms. The van der Waals surface area contributed by atoms with Gasteiger partial charge in [0, 0.05) is 5.56 Å². The van der Waals surface area contributed by atoms with Gasteiger partial charge in [0.05, 0.1) is 0 Å². The quantitative estimate of drug-likeness (QED) is 0.467. The van der Waals surface area contributed by atoms with Gasteiger partial charge in [-0.05, 0) is 35.4 Å². The van der Waals surface area contributed by atoms with Gasteiger partial charge >= 0.3 is 5.97 Å². The zero-order chi connectivity index (χ0) is 21.2. The molecule has 0 saturated heterocycles. The molecule has 2 amide bonds. The van der Waals surface area contributed by atoms with Crippen LogP contribution >= 0.6 is 0 Å². The zero-order valence-corrected chi connectivity index (χ0v) is 16.0. The number of carbonyl (C=O) groups is 3. The fourth-order valence-electron chi connectivity index (χ4n) is 2.53. The van der Waals surface area contributed by atoms with Crippen molar-refractivity contribution >= 4 is 17.8 Å². The number of rotatable bonds is 7. The fourth-order valence-corrected chi connectivity index (χ4v) is 2.53. The van der Waals surface area contributed by atoms with Crippen LogP contribution in [-0.4, -0.2) is 31.0 Å². The molecule has 0 radical (unpaired) electrons. The molecular formula is C23H20N2O5. The van der Waals surface area contributed by atoms with Crippen molar-refractivity contribution in [2.75, 3.05) is 13.2 Å². The van der Waals surface area contributed by atoms with Gasteiger partial charge in [-0.2, -0.15) is 0 Å². The van der Waals surface area contributed by atoms with E-state index < -0.39 is 24.4 Å². The zero-order valence-electron chi connectivity index (χ0n) is 16.0. The van der Waals surface area contributed by atoms with Gasteiger partial charge in [0.15, 0.2) is 13.2 Å². The summed E-state index contributed by atoms with van der Waals surface area (Å²) < 4.78 is 10.2. The first-order chi connectivity index (χ1) is 14.6. The van der Waals surface area contributed by atoms with E-state index >= 15 is 0 Å². The lowest BCUT2D eigenvalue weighted by atomic mass is 10.1. The van der Waals surface area contributed by atoms with E-state index in [1.165, 1.54) is 0 Å². The van der Waals surface area contributed by atoms with Gasteiger partial charge in [-0.3, -0.25) is 20.4 Å². The van der Waals surface area contributed by atoms with E-state index in [9.17, 15) is 14.4 Å². The van der Waals surface area contributed by atoms with Crippen LogP contribution in [0.4, 0.5) is 0 Å². The Balaban J connectivity index is 1.36. The normalized spacial score (nSPS) is 10.0. The Bertz CT molecular complexity index is 989. The number of hydrogen-bond donors (Lipinski definition) is 2. The molecule has 0 saturated carbocycles. The predicted octanol–water partition coefficient (Wildman–Crippen LogP) is 2.74. The summed E-state index contributed by atoms with van der Waals surface area (Å²) in [5, 5.41) is 0. The smallest absolute Gasteiger partial charge is 0.344 e. The Morgan fingerprint density at radius 1 is 0.667 bits per heavy atom. The second-order valence-electron chi connectivity index (χ2n) is 6.21. The van der Waals surface area contributed by atoms with Crippen LogP contribution in [0.5, 0.6) is 5.75 Å². The number of ether oxygens (including phenoxy) is 2. The number of hydrogen-bond acceptors (Lipinski definition) is 5. The van der Waals surface area contributed by atoms with Crippen LogP contribution in [0.1, 0.15) is 10.4 Å². The molecule has 152 valence electrons. The Hall–Kier alpha value is -4.13. The van der Waals surface area contributed by atoms with Crippen molar-refractivity contribution in [3.8, 4) is 16.9 Å². The number of nitrogens with one attached hydrogen (secondary N) is 2. The molecule has 3 aromatic carbocycles. The molecule has 7 nitrogen and oxygen atoms in total. The highest BCUT2D eigenvalue weighted by Crippen LogP contribution is 2.21. The average molecular weight is 404 g/mol. The number of benzene rings is 3. The summed E-state index contributed by atoms with van der Waals surface area (Å²) in [5.74, 6) is -1.34. The third kappa shape index (κ3) is 6.20. The first kappa shape index (κ1) is 20.6. The van der Waals surface area contributed by atoms with Gasteiger partial charge in [0.1, 0.15) is 5.75 Å². The van der Waals surface area contributed by atoms with Gasteiger partial charge in [-0.25, -0.2) is 4.79 Å². The lowest BCUT2D eigenvalue weighted by Crippen LogP contribution is -2.43. The van der Waals surface area contributed by atoms with Crippen molar-refractivity contribution in [1.82, 2.24) is 10.9 Å². The van der Waals surface area contributed by atoms with Gasteiger partial charge in [0.2, 0.25) is 0 Å². The lowest BCUT2D eigenvalue weighted by Gasteiger charge is -2.09.